The average molecular weight is 381 g/mol. The first-order valence-corrected chi connectivity index (χ1v) is 9.04. The van der Waals surface area contributed by atoms with Gasteiger partial charge in [-0.15, -0.1) is 0 Å². The maximum Gasteiger partial charge on any atom is 0.0406 e. The molecule has 116 valence electrons. The van der Waals surface area contributed by atoms with Gasteiger partial charge in [-0.05, 0) is 50.7 Å². The van der Waals surface area contributed by atoms with Crippen molar-refractivity contribution in [1.82, 2.24) is 0 Å². The molecule has 0 aromatic heterocycles. The Morgan fingerprint density at radius 3 is 1.92 bits per heavy atom. The van der Waals surface area contributed by atoms with Crippen LogP contribution in [0.4, 0.5) is 0 Å². The molecule has 25 heavy (non-hydrogen) atoms. The number of halogens is 1. The minimum Gasteiger partial charge on any atom is -0.0616 e. The molecule has 5 rings (SSSR count). The van der Waals surface area contributed by atoms with E-state index in [-0.39, 0.29) is 0 Å². The van der Waals surface area contributed by atoms with Crippen molar-refractivity contribution in [3.8, 4) is 11.1 Å². The number of fused-ring (bicyclic) bond motifs is 6. The number of hydrogen-bond donors (Lipinski definition) is 0. The van der Waals surface area contributed by atoms with E-state index in [1.807, 2.05) is 6.07 Å². The van der Waals surface area contributed by atoms with Crippen molar-refractivity contribution >= 4 is 48.2 Å². The normalized spacial score (nSPS) is 11.1. The molecule has 0 fully saturated rings. The van der Waals surface area contributed by atoms with Gasteiger partial charge in [0.1, 0.15) is 0 Å². The second-order valence-electron chi connectivity index (χ2n) is 6.20. The molecular formula is C24H13Br. The smallest absolute Gasteiger partial charge is 0.0406 e. The summed E-state index contributed by atoms with van der Waals surface area (Å²) in [5.41, 5.74) is 2.21. The van der Waals surface area contributed by atoms with Gasteiger partial charge in [-0.2, -0.15) is 0 Å². The highest BCUT2D eigenvalue weighted by Crippen LogP contribution is 2.35. The summed E-state index contributed by atoms with van der Waals surface area (Å²) in [4.78, 5) is 0. The van der Waals surface area contributed by atoms with Gasteiger partial charge in [0.15, 0.2) is 0 Å². The highest BCUT2D eigenvalue weighted by atomic mass is 79.9. The number of hydrogen-bond acceptors (Lipinski definition) is 0. The third kappa shape index (κ3) is 2.30. The fraction of sp³-hybridized carbons (Fsp3) is 0. The molecule has 0 bridgehead atoms. The van der Waals surface area contributed by atoms with Gasteiger partial charge in [-0.1, -0.05) is 88.7 Å². The molecule has 0 unspecified atom stereocenters. The highest BCUT2D eigenvalue weighted by molar-refractivity contribution is 9.10. The Bertz CT molecular complexity index is 1220. The standard InChI is InChI=1S/C24H13Br/c25-18-7-5-6-16(14-18)17-12-13-23-21-10-2-1-8-19(21)20-9-3-4-11-22(20)24(23)15-17/h1-11,14-15H. The molecule has 0 radical (unpaired) electrons. The molecule has 0 amide bonds. The number of benzene rings is 4. The first kappa shape index (κ1) is 14.5. The quantitative estimate of drug-likeness (QED) is 0.270. The average Bonchev–Trinajstić information content (AvgIpc) is 2.68. The lowest BCUT2D eigenvalue weighted by molar-refractivity contribution is 1.62. The molecule has 0 heterocycles. The Labute approximate surface area is 154 Å². The van der Waals surface area contributed by atoms with Crippen LogP contribution in [0.2, 0.25) is 0 Å². The molecule has 0 saturated heterocycles. The largest absolute Gasteiger partial charge is 0.0616 e. The maximum absolute atomic E-state index is 3.56. The van der Waals surface area contributed by atoms with Crippen molar-refractivity contribution in [2.45, 2.75) is 0 Å². The van der Waals surface area contributed by atoms with Crippen LogP contribution < -0.4 is 0 Å². The summed E-state index contributed by atoms with van der Waals surface area (Å²) in [7, 11) is 0. The Balaban J connectivity index is 1.93. The third-order valence-electron chi connectivity index (χ3n) is 4.72. The van der Waals surface area contributed by atoms with Crippen molar-refractivity contribution < 1.29 is 0 Å². The lowest BCUT2D eigenvalue weighted by Crippen LogP contribution is -1.83. The molecule has 0 atom stereocenters. The Kier molecular flexibility index (Phi) is 3.26. The van der Waals surface area contributed by atoms with Gasteiger partial charge >= 0.3 is 0 Å². The van der Waals surface area contributed by atoms with E-state index < -0.39 is 0 Å². The van der Waals surface area contributed by atoms with Gasteiger partial charge in [0.2, 0.25) is 0 Å². The van der Waals surface area contributed by atoms with Crippen molar-refractivity contribution in [2.24, 2.45) is 0 Å². The van der Waals surface area contributed by atoms with Gasteiger partial charge < -0.3 is 0 Å². The Hall–Kier alpha value is -2.82. The molecule has 0 spiro atoms. The Morgan fingerprint density at radius 1 is 0.560 bits per heavy atom. The van der Waals surface area contributed by atoms with Gasteiger partial charge in [0.05, 0.1) is 0 Å². The van der Waals surface area contributed by atoms with E-state index in [1.165, 1.54) is 26.9 Å². The van der Waals surface area contributed by atoms with Gasteiger partial charge in [0, 0.05) is 15.4 Å². The minimum atomic E-state index is 1.06. The predicted molar refractivity (Wildman–Crippen MR) is 110 cm³/mol. The fourth-order valence-electron chi connectivity index (χ4n) is 3.57. The van der Waals surface area contributed by atoms with Crippen LogP contribution in [0.5, 0.6) is 0 Å². The third-order valence-corrected chi connectivity index (χ3v) is 5.21. The van der Waals surface area contributed by atoms with Crippen LogP contribution in [0.25, 0.3) is 43.4 Å². The van der Waals surface area contributed by atoms with Gasteiger partial charge in [-0.3, -0.25) is 0 Å². The molecule has 0 aliphatic heterocycles. The summed E-state index contributed by atoms with van der Waals surface area (Å²) in [5.74, 6) is 0. The second kappa shape index (κ2) is 5.62. The van der Waals surface area contributed by atoms with E-state index >= 15 is 0 Å². The lowest BCUT2D eigenvalue weighted by atomic mass is 9.93. The van der Waals surface area contributed by atoms with Crippen LogP contribution in [0, 0.1) is 12.1 Å². The second-order valence-corrected chi connectivity index (χ2v) is 7.11. The predicted octanol–water partition coefficient (Wildman–Crippen LogP) is 7.18. The minimum absolute atomic E-state index is 1.06. The van der Waals surface area contributed by atoms with Crippen molar-refractivity contribution in [3.63, 3.8) is 0 Å². The van der Waals surface area contributed by atoms with Crippen LogP contribution in [0.3, 0.4) is 0 Å². The van der Waals surface area contributed by atoms with Crippen molar-refractivity contribution in [2.75, 3.05) is 0 Å². The maximum atomic E-state index is 3.56. The zero-order valence-electron chi connectivity index (χ0n) is 13.4. The first-order chi connectivity index (χ1) is 12.3. The molecule has 1 heteroatoms. The van der Waals surface area contributed by atoms with E-state index in [2.05, 4.69) is 101 Å². The zero-order chi connectivity index (χ0) is 16.8. The van der Waals surface area contributed by atoms with E-state index in [0.717, 1.165) is 21.0 Å². The molecule has 5 aromatic carbocycles. The van der Waals surface area contributed by atoms with Crippen LogP contribution in [0.1, 0.15) is 0 Å². The van der Waals surface area contributed by atoms with Gasteiger partial charge in [-0.25, -0.2) is 0 Å². The van der Waals surface area contributed by atoms with E-state index in [4.69, 9.17) is 0 Å². The van der Waals surface area contributed by atoms with Crippen LogP contribution in [-0.2, 0) is 0 Å². The SMILES string of the molecule is Brc1cccc(-c2c#cc3c4ccccc4c4ccccc4c3c2)c1. The monoisotopic (exact) mass is 380 g/mol. The molecular weight excluding hydrogens is 368 g/mol. The first-order valence-electron chi connectivity index (χ1n) is 8.24. The summed E-state index contributed by atoms with van der Waals surface area (Å²) >= 11 is 3.56. The molecule has 0 aliphatic carbocycles. The van der Waals surface area contributed by atoms with Crippen LogP contribution in [0.15, 0.2) is 83.3 Å². The summed E-state index contributed by atoms with van der Waals surface area (Å²) in [6.07, 6.45) is 0. The van der Waals surface area contributed by atoms with E-state index in [1.54, 1.807) is 0 Å². The van der Waals surface area contributed by atoms with E-state index in [9.17, 15) is 0 Å². The molecule has 0 nitrogen and oxygen atoms in total. The van der Waals surface area contributed by atoms with Crippen molar-refractivity contribution in [3.05, 3.63) is 95.5 Å². The molecule has 0 N–H and O–H groups in total. The van der Waals surface area contributed by atoms with Crippen LogP contribution >= 0.6 is 15.9 Å². The molecule has 0 saturated carbocycles. The summed E-state index contributed by atoms with van der Waals surface area (Å²) in [6.45, 7) is 0. The van der Waals surface area contributed by atoms with Crippen molar-refractivity contribution in [1.29, 1.82) is 0 Å². The summed E-state index contributed by atoms with van der Waals surface area (Å²) < 4.78 is 1.07. The summed E-state index contributed by atoms with van der Waals surface area (Å²) in [5, 5.41) is 7.40. The fourth-order valence-corrected chi connectivity index (χ4v) is 3.97. The lowest BCUT2D eigenvalue weighted by Gasteiger charge is -2.09. The Morgan fingerprint density at radius 2 is 1.20 bits per heavy atom. The summed E-state index contributed by atoms with van der Waals surface area (Å²) in [6, 6.07) is 34.5. The number of rotatable bonds is 1. The topological polar surface area (TPSA) is 0 Å². The highest BCUT2D eigenvalue weighted by Gasteiger charge is 2.09. The molecule has 0 aliphatic rings. The van der Waals surface area contributed by atoms with Crippen LogP contribution in [-0.4, -0.2) is 0 Å². The van der Waals surface area contributed by atoms with Gasteiger partial charge in [0.25, 0.3) is 0 Å². The van der Waals surface area contributed by atoms with E-state index in [0.29, 0.717) is 0 Å². The zero-order valence-corrected chi connectivity index (χ0v) is 15.0. The molecule has 5 aromatic rings.